The van der Waals surface area contributed by atoms with Crippen molar-refractivity contribution in [3.8, 4) is 11.5 Å². The standard InChI is InChI=1S/C27H35NO2/c1-18-14-20-16-19(2)26(23(15-18)17-20)27(21-4-8-24(29)9-5-21)22-6-10-25(11-7-22)30-13-3-12-28/h4-11,18-20,23,29H,3,12-17,28H2,1-2H3/b27-26-. The Morgan fingerprint density at radius 2 is 1.60 bits per heavy atom. The lowest BCUT2D eigenvalue weighted by molar-refractivity contribution is 0.163. The predicted octanol–water partition coefficient (Wildman–Crippen LogP) is 6.01. The van der Waals surface area contributed by atoms with Crippen molar-refractivity contribution in [1.29, 1.82) is 0 Å². The summed E-state index contributed by atoms with van der Waals surface area (Å²) in [5.74, 6) is 4.13. The van der Waals surface area contributed by atoms with E-state index in [4.69, 9.17) is 10.5 Å². The monoisotopic (exact) mass is 405 g/mol. The van der Waals surface area contributed by atoms with Crippen LogP contribution in [0, 0.1) is 23.7 Å². The van der Waals surface area contributed by atoms with Crippen LogP contribution in [-0.4, -0.2) is 18.3 Å². The Morgan fingerprint density at radius 3 is 2.27 bits per heavy atom. The quantitative estimate of drug-likeness (QED) is 0.578. The molecular formula is C27H35NO2. The van der Waals surface area contributed by atoms with Gasteiger partial charge in [-0.05, 0) is 103 Å². The Balaban J connectivity index is 1.75. The fourth-order valence-corrected chi connectivity index (χ4v) is 5.79. The van der Waals surface area contributed by atoms with Gasteiger partial charge in [-0.2, -0.15) is 0 Å². The lowest BCUT2D eigenvalue weighted by Crippen LogP contribution is -2.32. The lowest BCUT2D eigenvalue weighted by Gasteiger charge is -2.44. The van der Waals surface area contributed by atoms with Gasteiger partial charge in [-0.15, -0.1) is 0 Å². The highest BCUT2D eigenvalue weighted by atomic mass is 16.5. The van der Waals surface area contributed by atoms with Gasteiger partial charge in [-0.25, -0.2) is 0 Å². The second kappa shape index (κ2) is 9.26. The Morgan fingerprint density at radius 1 is 0.933 bits per heavy atom. The summed E-state index contributed by atoms with van der Waals surface area (Å²) in [6.45, 7) is 6.13. The molecule has 0 aromatic heterocycles. The fourth-order valence-electron chi connectivity index (χ4n) is 5.79. The number of allylic oxidation sites excluding steroid dienone is 1. The van der Waals surface area contributed by atoms with Gasteiger partial charge in [0.1, 0.15) is 11.5 Å². The first kappa shape index (κ1) is 21.0. The summed E-state index contributed by atoms with van der Waals surface area (Å²) in [6.07, 6.45) is 6.16. The normalized spacial score (nSPS) is 27.6. The molecule has 4 unspecified atom stereocenters. The average molecular weight is 406 g/mol. The number of phenolic OH excluding ortho intramolecular Hbond substituents is 1. The van der Waals surface area contributed by atoms with Crippen LogP contribution in [0.4, 0.5) is 0 Å². The van der Waals surface area contributed by atoms with Crippen molar-refractivity contribution >= 4 is 5.57 Å². The third-order valence-corrected chi connectivity index (χ3v) is 6.90. The molecule has 3 N–H and O–H groups in total. The minimum atomic E-state index is 0.315. The third kappa shape index (κ3) is 4.57. The zero-order valence-corrected chi connectivity index (χ0v) is 18.3. The summed E-state index contributed by atoms with van der Waals surface area (Å²) in [5.41, 5.74) is 11.0. The van der Waals surface area contributed by atoms with Gasteiger partial charge >= 0.3 is 0 Å². The number of ether oxygens (including phenoxy) is 1. The third-order valence-electron chi connectivity index (χ3n) is 6.90. The number of aromatic hydroxyl groups is 1. The second-order valence-corrected chi connectivity index (χ2v) is 9.40. The molecule has 2 aliphatic rings. The van der Waals surface area contributed by atoms with Gasteiger partial charge in [0.25, 0.3) is 0 Å². The molecule has 0 radical (unpaired) electrons. The number of rotatable bonds is 6. The number of hydrogen-bond acceptors (Lipinski definition) is 3. The molecule has 4 rings (SSSR count). The van der Waals surface area contributed by atoms with Crippen LogP contribution < -0.4 is 10.5 Å². The highest BCUT2D eigenvalue weighted by Crippen LogP contribution is 2.51. The van der Waals surface area contributed by atoms with Crippen molar-refractivity contribution in [1.82, 2.24) is 0 Å². The number of hydrogen-bond donors (Lipinski definition) is 2. The van der Waals surface area contributed by atoms with Crippen LogP contribution in [0.25, 0.3) is 5.57 Å². The van der Waals surface area contributed by atoms with Crippen molar-refractivity contribution in [2.45, 2.75) is 46.0 Å². The van der Waals surface area contributed by atoms with E-state index in [1.54, 1.807) is 17.7 Å². The van der Waals surface area contributed by atoms with E-state index in [1.807, 2.05) is 0 Å². The molecule has 2 bridgehead atoms. The van der Waals surface area contributed by atoms with Crippen LogP contribution in [0.2, 0.25) is 0 Å². The van der Waals surface area contributed by atoms with E-state index < -0.39 is 0 Å². The molecule has 0 saturated heterocycles. The Labute approximate surface area is 181 Å². The van der Waals surface area contributed by atoms with E-state index in [9.17, 15) is 5.11 Å². The Kier molecular flexibility index (Phi) is 6.48. The van der Waals surface area contributed by atoms with Crippen LogP contribution in [0.5, 0.6) is 11.5 Å². The van der Waals surface area contributed by atoms with Gasteiger partial charge in [0.15, 0.2) is 0 Å². The van der Waals surface area contributed by atoms with E-state index in [0.29, 0.717) is 30.7 Å². The molecule has 2 saturated carbocycles. The molecule has 3 nitrogen and oxygen atoms in total. The maximum Gasteiger partial charge on any atom is 0.119 e. The molecule has 2 fully saturated rings. The summed E-state index contributed by atoms with van der Waals surface area (Å²) in [7, 11) is 0. The molecule has 0 spiro atoms. The largest absolute Gasteiger partial charge is 0.508 e. The number of nitrogens with two attached hydrogens (primary N) is 1. The highest BCUT2D eigenvalue weighted by molar-refractivity contribution is 5.83. The molecule has 3 heteroatoms. The average Bonchev–Trinajstić information content (AvgIpc) is 2.72. The van der Waals surface area contributed by atoms with Crippen LogP contribution >= 0.6 is 0 Å². The van der Waals surface area contributed by atoms with Gasteiger partial charge in [0.05, 0.1) is 6.61 Å². The molecule has 30 heavy (non-hydrogen) atoms. The van der Waals surface area contributed by atoms with Crippen LogP contribution in [-0.2, 0) is 0 Å². The smallest absolute Gasteiger partial charge is 0.119 e. The van der Waals surface area contributed by atoms with Crippen molar-refractivity contribution in [3.63, 3.8) is 0 Å². The molecule has 4 atom stereocenters. The van der Waals surface area contributed by atoms with E-state index >= 15 is 0 Å². The summed E-state index contributed by atoms with van der Waals surface area (Å²) in [5, 5.41) is 9.85. The molecule has 2 aromatic carbocycles. The van der Waals surface area contributed by atoms with Crippen LogP contribution in [0.3, 0.4) is 0 Å². The van der Waals surface area contributed by atoms with E-state index in [1.165, 1.54) is 42.4 Å². The van der Waals surface area contributed by atoms with Gasteiger partial charge in [-0.1, -0.05) is 43.7 Å². The number of phenols is 1. The summed E-state index contributed by atoms with van der Waals surface area (Å²) >= 11 is 0. The summed E-state index contributed by atoms with van der Waals surface area (Å²) in [4.78, 5) is 0. The molecule has 2 aliphatic carbocycles. The predicted molar refractivity (Wildman–Crippen MR) is 124 cm³/mol. The van der Waals surface area contributed by atoms with Gasteiger partial charge in [-0.3, -0.25) is 0 Å². The van der Waals surface area contributed by atoms with Crippen molar-refractivity contribution < 1.29 is 9.84 Å². The van der Waals surface area contributed by atoms with Gasteiger partial charge < -0.3 is 15.6 Å². The van der Waals surface area contributed by atoms with Crippen LogP contribution in [0.1, 0.15) is 57.1 Å². The molecule has 160 valence electrons. The van der Waals surface area contributed by atoms with Gasteiger partial charge in [0.2, 0.25) is 0 Å². The zero-order valence-electron chi connectivity index (χ0n) is 18.3. The number of benzene rings is 2. The van der Waals surface area contributed by atoms with E-state index in [2.05, 4.69) is 50.2 Å². The molecule has 0 aliphatic heterocycles. The second-order valence-electron chi connectivity index (χ2n) is 9.40. The Bertz CT molecular complexity index is 865. The fraction of sp³-hybridized carbons (Fsp3) is 0.481. The summed E-state index contributed by atoms with van der Waals surface area (Å²) < 4.78 is 5.82. The first-order chi connectivity index (χ1) is 14.5. The van der Waals surface area contributed by atoms with Gasteiger partial charge in [0, 0.05) is 0 Å². The van der Waals surface area contributed by atoms with Crippen molar-refractivity contribution in [3.05, 3.63) is 65.2 Å². The minimum Gasteiger partial charge on any atom is -0.508 e. The zero-order chi connectivity index (χ0) is 21.1. The highest BCUT2D eigenvalue weighted by Gasteiger charge is 2.38. The topological polar surface area (TPSA) is 55.5 Å². The van der Waals surface area contributed by atoms with Crippen molar-refractivity contribution in [2.75, 3.05) is 13.2 Å². The summed E-state index contributed by atoms with van der Waals surface area (Å²) in [6, 6.07) is 16.3. The molecule has 2 aromatic rings. The van der Waals surface area contributed by atoms with E-state index in [-0.39, 0.29) is 0 Å². The SMILES string of the molecule is CC1CC2CC(C)/C(=C(\c3ccc(O)cc3)c3ccc(OCCCN)cc3)C(C1)C2. The first-order valence-electron chi connectivity index (χ1n) is 11.5. The maximum atomic E-state index is 9.85. The molecular weight excluding hydrogens is 370 g/mol. The Hall–Kier alpha value is -2.26. The van der Waals surface area contributed by atoms with E-state index in [0.717, 1.165) is 24.0 Å². The molecule has 0 amide bonds. The maximum absolute atomic E-state index is 9.85. The van der Waals surface area contributed by atoms with Crippen molar-refractivity contribution in [2.24, 2.45) is 29.4 Å². The minimum absolute atomic E-state index is 0.315. The lowest BCUT2D eigenvalue weighted by atomic mass is 9.61. The first-order valence-corrected chi connectivity index (χ1v) is 11.5. The number of fused-ring (bicyclic) bond motifs is 2. The molecule has 0 heterocycles. The van der Waals surface area contributed by atoms with Crippen LogP contribution in [0.15, 0.2) is 54.1 Å².